The minimum absolute atomic E-state index is 0.171. The van der Waals surface area contributed by atoms with Crippen LogP contribution in [0.15, 0.2) is 0 Å². The fourth-order valence-corrected chi connectivity index (χ4v) is 3.03. The molecule has 0 fully saturated rings. The van der Waals surface area contributed by atoms with Crippen molar-refractivity contribution in [2.75, 3.05) is 26.2 Å². The molecular weight excluding hydrogens is 312 g/mol. The Hall–Kier alpha value is -0.160. The number of hydrogen-bond acceptors (Lipinski definition) is 4. The van der Waals surface area contributed by atoms with Gasteiger partial charge in [0, 0.05) is 13.1 Å². The van der Waals surface area contributed by atoms with Crippen molar-refractivity contribution >= 4 is 0 Å². The van der Waals surface area contributed by atoms with E-state index in [0.29, 0.717) is 0 Å². The van der Waals surface area contributed by atoms with E-state index in [1.807, 2.05) is 0 Å². The first-order chi connectivity index (χ1) is 12.2. The third-order valence-corrected chi connectivity index (χ3v) is 4.75. The maximum Gasteiger partial charge on any atom is 0.0664 e. The average molecular weight is 359 g/mol. The van der Waals surface area contributed by atoms with E-state index in [1.165, 1.54) is 57.8 Å². The lowest BCUT2D eigenvalue weighted by Crippen LogP contribution is -2.27. The van der Waals surface area contributed by atoms with Gasteiger partial charge in [-0.3, -0.25) is 0 Å². The van der Waals surface area contributed by atoms with E-state index in [0.717, 1.165) is 51.9 Å². The molecule has 25 heavy (non-hydrogen) atoms. The molecule has 0 bridgehead atoms. The predicted octanol–water partition coefficient (Wildman–Crippen LogP) is 4.00. The average Bonchev–Trinajstić information content (AvgIpc) is 2.60. The van der Waals surface area contributed by atoms with Crippen LogP contribution in [0.4, 0.5) is 0 Å². The zero-order valence-corrected chi connectivity index (χ0v) is 17.1. The summed E-state index contributed by atoms with van der Waals surface area (Å²) in [6.45, 7) is 7.92. The highest BCUT2D eigenvalue weighted by Gasteiger charge is 2.03. The minimum Gasteiger partial charge on any atom is -0.392 e. The number of aliphatic hydroxyl groups excluding tert-OH is 2. The smallest absolute Gasteiger partial charge is 0.0664 e. The van der Waals surface area contributed by atoms with E-state index in [2.05, 4.69) is 24.5 Å². The Kier molecular flexibility index (Phi) is 20.0. The van der Waals surface area contributed by atoms with Crippen molar-refractivity contribution in [3.63, 3.8) is 0 Å². The Morgan fingerprint density at radius 3 is 1.36 bits per heavy atom. The molecule has 2 unspecified atom stereocenters. The summed E-state index contributed by atoms with van der Waals surface area (Å²) in [5, 5.41) is 26.4. The minimum atomic E-state index is -0.171. The lowest BCUT2D eigenvalue weighted by molar-refractivity contribution is 0.158. The second-order valence-electron chi connectivity index (χ2n) is 7.48. The van der Waals surface area contributed by atoms with Crippen molar-refractivity contribution in [1.82, 2.24) is 10.6 Å². The van der Waals surface area contributed by atoms with Gasteiger partial charge in [-0.25, -0.2) is 0 Å². The number of unbranched alkanes of at least 4 members (excludes halogenated alkanes) is 8. The number of hydrogen-bond donors (Lipinski definition) is 4. The van der Waals surface area contributed by atoms with Gasteiger partial charge in [0.05, 0.1) is 12.2 Å². The van der Waals surface area contributed by atoms with Crippen LogP contribution in [0.1, 0.15) is 97.3 Å². The Balaban J connectivity index is 3.16. The maximum atomic E-state index is 9.81. The molecule has 4 N–H and O–H groups in total. The lowest BCUT2D eigenvalue weighted by atomic mass is 10.1. The SMILES string of the molecule is CCCCCC(O)CNCCCCCCCNCC(O)CCCCC. The van der Waals surface area contributed by atoms with Crippen molar-refractivity contribution in [3.8, 4) is 0 Å². The van der Waals surface area contributed by atoms with Crippen LogP contribution in [0, 0.1) is 0 Å². The Morgan fingerprint density at radius 1 is 0.560 bits per heavy atom. The molecule has 0 rings (SSSR count). The fraction of sp³-hybridized carbons (Fsp3) is 1.00. The van der Waals surface area contributed by atoms with Gasteiger partial charge in [-0.15, -0.1) is 0 Å². The van der Waals surface area contributed by atoms with Crippen molar-refractivity contribution in [2.45, 2.75) is 110 Å². The zero-order valence-electron chi connectivity index (χ0n) is 17.1. The summed E-state index contributed by atoms with van der Waals surface area (Å²) in [5.41, 5.74) is 0. The van der Waals surface area contributed by atoms with Gasteiger partial charge in [-0.05, 0) is 38.8 Å². The molecule has 0 saturated heterocycles. The molecule has 0 radical (unpaired) electrons. The van der Waals surface area contributed by atoms with E-state index >= 15 is 0 Å². The van der Waals surface area contributed by atoms with Crippen LogP contribution >= 0.6 is 0 Å². The van der Waals surface area contributed by atoms with Crippen LogP contribution in [0.3, 0.4) is 0 Å². The van der Waals surface area contributed by atoms with Crippen molar-refractivity contribution in [3.05, 3.63) is 0 Å². The third kappa shape index (κ3) is 20.0. The van der Waals surface area contributed by atoms with Crippen LogP contribution < -0.4 is 10.6 Å². The predicted molar refractivity (Wildman–Crippen MR) is 109 cm³/mol. The summed E-state index contributed by atoms with van der Waals surface area (Å²) >= 11 is 0. The van der Waals surface area contributed by atoms with Gasteiger partial charge in [0.15, 0.2) is 0 Å². The highest BCUT2D eigenvalue weighted by Crippen LogP contribution is 2.05. The zero-order chi connectivity index (χ0) is 18.6. The van der Waals surface area contributed by atoms with E-state index in [-0.39, 0.29) is 12.2 Å². The van der Waals surface area contributed by atoms with Crippen molar-refractivity contribution < 1.29 is 10.2 Å². The molecule has 0 spiro atoms. The molecule has 0 aliphatic rings. The lowest BCUT2D eigenvalue weighted by Gasteiger charge is -2.12. The number of rotatable bonds is 20. The number of aliphatic hydroxyl groups is 2. The first kappa shape index (κ1) is 24.8. The second kappa shape index (κ2) is 20.2. The molecule has 0 aromatic rings. The molecule has 0 aliphatic carbocycles. The molecule has 152 valence electrons. The van der Waals surface area contributed by atoms with Gasteiger partial charge >= 0.3 is 0 Å². The fourth-order valence-electron chi connectivity index (χ4n) is 3.03. The van der Waals surface area contributed by atoms with Crippen LogP contribution in [-0.4, -0.2) is 48.6 Å². The first-order valence-corrected chi connectivity index (χ1v) is 11.0. The Labute approximate surface area is 157 Å². The standard InChI is InChI=1S/C21H46N2O2/c1-3-5-10-14-20(24)18-22-16-12-8-7-9-13-17-23-19-21(25)15-11-6-4-2/h20-25H,3-19H2,1-2H3. The third-order valence-electron chi connectivity index (χ3n) is 4.75. The van der Waals surface area contributed by atoms with E-state index in [9.17, 15) is 10.2 Å². The molecule has 0 heterocycles. The molecule has 0 amide bonds. The van der Waals surface area contributed by atoms with Gasteiger partial charge in [-0.1, -0.05) is 71.6 Å². The van der Waals surface area contributed by atoms with E-state index in [4.69, 9.17) is 0 Å². The monoisotopic (exact) mass is 358 g/mol. The van der Waals surface area contributed by atoms with Crippen LogP contribution in [-0.2, 0) is 0 Å². The Morgan fingerprint density at radius 2 is 0.960 bits per heavy atom. The van der Waals surface area contributed by atoms with Gasteiger partial charge in [-0.2, -0.15) is 0 Å². The Bertz CT molecular complexity index is 228. The van der Waals surface area contributed by atoms with Gasteiger partial charge < -0.3 is 20.8 Å². The highest BCUT2D eigenvalue weighted by molar-refractivity contribution is 4.61. The van der Waals surface area contributed by atoms with Gasteiger partial charge in [0.25, 0.3) is 0 Å². The van der Waals surface area contributed by atoms with Crippen molar-refractivity contribution in [2.24, 2.45) is 0 Å². The van der Waals surface area contributed by atoms with Gasteiger partial charge in [0.1, 0.15) is 0 Å². The maximum absolute atomic E-state index is 9.81. The summed E-state index contributed by atoms with van der Waals surface area (Å²) in [6.07, 6.45) is 14.9. The molecular formula is C21H46N2O2. The van der Waals surface area contributed by atoms with E-state index in [1.54, 1.807) is 0 Å². The summed E-state index contributed by atoms with van der Waals surface area (Å²) < 4.78 is 0. The largest absolute Gasteiger partial charge is 0.392 e. The molecule has 0 aliphatic heterocycles. The summed E-state index contributed by atoms with van der Waals surface area (Å²) in [7, 11) is 0. The summed E-state index contributed by atoms with van der Waals surface area (Å²) in [5.74, 6) is 0. The quantitative estimate of drug-likeness (QED) is 0.248. The summed E-state index contributed by atoms with van der Waals surface area (Å²) in [4.78, 5) is 0. The molecule has 0 aromatic carbocycles. The van der Waals surface area contributed by atoms with Crippen molar-refractivity contribution in [1.29, 1.82) is 0 Å². The molecule has 2 atom stereocenters. The molecule has 4 nitrogen and oxygen atoms in total. The number of nitrogens with one attached hydrogen (secondary N) is 2. The van der Waals surface area contributed by atoms with Crippen LogP contribution in [0.2, 0.25) is 0 Å². The highest BCUT2D eigenvalue weighted by atomic mass is 16.3. The van der Waals surface area contributed by atoms with E-state index < -0.39 is 0 Å². The molecule has 0 saturated carbocycles. The van der Waals surface area contributed by atoms with Gasteiger partial charge in [0.2, 0.25) is 0 Å². The summed E-state index contributed by atoms with van der Waals surface area (Å²) in [6, 6.07) is 0. The van der Waals surface area contributed by atoms with Crippen LogP contribution in [0.25, 0.3) is 0 Å². The molecule has 0 aromatic heterocycles. The second-order valence-corrected chi connectivity index (χ2v) is 7.48. The topological polar surface area (TPSA) is 64.5 Å². The molecule has 4 heteroatoms. The first-order valence-electron chi connectivity index (χ1n) is 11.0. The normalized spacial score (nSPS) is 13.9. The van der Waals surface area contributed by atoms with Crippen LogP contribution in [0.5, 0.6) is 0 Å².